The number of carbonyl (C=O) groups is 5. The third kappa shape index (κ3) is 10.2. The van der Waals surface area contributed by atoms with Crippen LogP contribution in [0.4, 0.5) is 4.79 Å². The van der Waals surface area contributed by atoms with Crippen molar-refractivity contribution in [3.63, 3.8) is 0 Å². The lowest BCUT2D eigenvalue weighted by Gasteiger charge is -2.26. The van der Waals surface area contributed by atoms with Crippen molar-refractivity contribution in [3.8, 4) is 0 Å². The third-order valence-electron chi connectivity index (χ3n) is 3.60. The van der Waals surface area contributed by atoms with E-state index in [-0.39, 0.29) is 26.3 Å². The summed E-state index contributed by atoms with van der Waals surface area (Å²) in [6, 6.07) is -0.703. The first-order valence-electron chi connectivity index (χ1n) is 8.93. The second-order valence-electron chi connectivity index (χ2n) is 5.78. The van der Waals surface area contributed by atoms with Crippen LogP contribution in [0.25, 0.3) is 0 Å². The minimum atomic E-state index is -0.703. The summed E-state index contributed by atoms with van der Waals surface area (Å²) in [4.78, 5) is 60.1. The summed E-state index contributed by atoms with van der Waals surface area (Å²) in [6.45, 7) is 9.52. The summed E-state index contributed by atoms with van der Waals surface area (Å²) in [5.74, 6) is -2.06. The van der Waals surface area contributed by atoms with Gasteiger partial charge in [-0.3, -0.25) is 19.4 Å². The van der Waals surface area contributed by atoms with E-state index in [1.54, 1.807) is 0 Å². The second-order valence-corrected chi connectivity index (χ2v) is 5.78. The molecular formula is C19H28N2O7. The van der Waals surface area contributed by atoms with E-state index in [0.29, 0.717) is 25.7 Å². The van der Waals surface area contributed by atoms with Crippen LogP contribution < -0.4 is 0 Å². The largest absolute Gasteiger partial charge is 0.463 e. The van der Waals surface area contributed by atoms with Crippen molar-refractivity contribution < 1.29 is 33.4 Å². The zero-order chi connectivity index (χ0) is 21.5. The van der Waals surface area contributed by atoms with Gasteiger partial charge in [0.25, 0.3) is 0 Å². The van der Waals surface area contributed by atoms with E-state index < -0.39 is 29.8 Å². The van der Waals surface area contributed by atoms with Crippen LogP contribution in [0.15, 0.2) is 25.3 Å². The van der Waals surface area contributed by atoms with Gasteiger partial charge in [0.1, 0.15) is 0 Å². The normalized spacial score (nSPS) is 9.79. The Bertz CT molecular complexity index is 551. The van der Waals surface area contributed by atoms with E-state index in [4.69, 9.17) is 9.47 Å². The van der Waals surface area contributed by atoms with E-state index in [1.165, 1.54) is 13.8 Å². The number of carbonyl (C=O) groups excluding carboxylic acids is 5. The number of esters is 2. The molecule has 0 aromatic carbocycles. The Balaban J connectivity index is 4.56. The number of ether oxygens (including phenoxy) is 2. The molecule has 28 heavy (non-hydrogen) atoms. The van der Waals surface area contributed by atoms with Crippen LogP contribution in [0.2, 0.25) is 0 Å². The van der Waals surface area contributed by atoms with Crippen molar-refractivity contribution in [2.75, 3.05) is 26.3 Å². The standard InChI is InChI=1S/C19H28N2O7/c1-5-17(24)27-13-9-7-11-20(15(3)22)19(26)21(16(4)23)12-8-10-14-28-18(25)6-2/h5-6H,1-2,7-14H2,3-4H3. The number of urea groups is 1. The van der Waals surface area contributed by atoms with Crippen LogP contribution in [0.3, 0.4) is 0 Å². The third-order valence-corrected chi connectivity index (χ3v) is 3.60. The summed E-state index contributed by atoms with van der Waals surface area (Å²) in [5.41, 5.74) is 0. The fraction of sp³-hybridized carbons (Fsp3) is 0.526. The molecular weight excluding hydrogens is 368 g/mol. The molecule has 0 aromatic rings. The lowest BCUT2D eigenvalue weighted by atomic mass is 10.3. The minimum Gasteiger partial charge on any atom is -0.463 e. The molecule has 0 rings (SSSR count). The second kappa shape index (κ2) is 14.1. The van der Waals surface area contributed by atoms with Crippen LogP contribution in [0.5, 0.6) is 0 Å². The molecule has 0 aliphatic rings. The van der Waals surface area contributed by atoms with Gasteiger partial charge in [0.15, 0.2) is 0 Å². The first-order valence-corrected chi connectivity index (χ1v) is 8.93. The lowest BCUT2D eigenvalue weighted by molar-refractivity contribution is -0.138. The summed E-state index contributed by atoms with van der Waals surface area (Å²) in [6.07, 6.45) is 3.83. The Labute approximate surface area is 164 Å². The Morgan fingerprint density at radius 2 is 1.07 bits per heavy atom. The highest BCUT2D eigenvalue weighted by atomic mass is 16.5. The number of unbranched alkanes of at least 4 members (excludes halogenated alkanes) is 2. The molecule has 156 valence electrons. The highest BCUT2D eigenvalue weighted by Gasteiger charge is 2.26. The highest BCUT2D eigenvalue weighted by Crippen LogP contribution is 2.06. The van der Waals surface area contributed by atoms with E-state index in [1.807, 2.05) is 0 Å². The van der Waals surface area contributed by atoms with Gasteiger partial charge in [0.2, 0.25) is 11.8 Å². The molecule has 0 spiro atoms. The van der Waals surface area contributed by atoms with E-state index >= 15 is 0 Å². The summed E-state index contributed by atoms with van der Waals surface area (Å²) >= 11 is 0. The summed E-state index contributed by atoms with van der Waals surface area (Å²) in [5, 5.41) is 0. The number of hydrogen-bond acceptors (Lipinski definition) is 7. The Kier molecular flexibility index (Phi) is 12.6. The monoisotopic (exact) mass is 396 g/mol. The van der Waals surface area contributed by atoms with Crippen molar-refractivity contribution in [2.45, 2.75) is 39.5 Å². The van der Waals surface area contributed by atoms with Gasteiger partial charge < -0.3 is 9.47 Å². The van der Waals surface area contributed by atoms with Gasteiger partial charge in [-0.1, -0.05) is 13.2 Å². The lowest BCUT2D eigenvalue weighted by Crippen LogP contribution is -2.48. The highest BCUT2D eigenvalue weighted by molar-refractivity contribution is 6.00. The van der Waals surface area contributed by atoms with Crippen molar-refractivity contribution in [3.05, 3.63) is 25.3 Å². The Hall–Kier alpha value is -2.97. The topological polar surface area (TPSA) is 110 Å². The number of nitrogens with zero attached hydrogens (tertiary/aromatic N) is 2. The molecule has 0 aliphatic heterocycles. The number of hydrogen-bond donors (Lipinski definition) is 0. The Morgan fingerprint density at radius 1 is 0.714 bits per heavy atom. The average Bonchev–Trinajstić information content (AvgIpc) is 2.65. The van der Waals surface area contributed by atoms with Gasteiger partial charge in [-0.25, -0.2) is 14.4 Å². The van der Waals surface area contributed by atoms with Crippen molar-refractivity contribution in [2.24, 2.45) is 0 Å². The molecule has 0 aliphatic carbocycles. The maximum atomic E-state index is 12.6. The predicted molar refractivity (Wildman–Crippen MR) is 101 cm³/mol. The molecule has 0 fully saturated rings. The molecule has 0 atom stereocenters. The molecule has 0 bridgehead atoms. The van der Waals surface area contributed by atoms with Gasteiger partial charge in [0, 0.05) is 39.1 Å². The maximum absolute atomic E-state index is 12.6. The van der Waals surface area contributed by atoms with E-state index in [0.717, 1.165) is 22.0 Å². The zero-order valence-electron chi connectivity index (χ0n) is 16.5. The number of rotatable bonds is 12. The van der Waals surface area contributed by atoms with Gasteiger partial charge in [-0.2, -0.15) is 0 Å². The minimum absolute atomic E-state index is 0.0978. The van der Waals surface area contributed by atoms with Crippen LogP contribution in [-0.2, 0) is 28.7 Å². The molecule has 0 unspecified atom stereocenters. The molecule has 9 heteroatoms. The summed E-state index contributed by atoms with van der Waals surface area (Å²) < 4.78 is 9.66. The SMILES string of the molecule is C=CC(=O)OCCCCN(C(C)=O)C(=O)N(CCCCOC(=O)C=C)C(C)=O. The number of imide groups is 2. The van der Waals surface area contributed by atoms with Crippen LogP contribution in [0.1, 0.15) is 39.5 Å². The van der Waals surface area contributed by atoms with Gasteiger partial charge in [-0.15, -0.1) is 0 Å². The number of amides is 4. The van der Waals surface area contributed by atoms with Crippen LogP contribution in [0, 0.1) is 0 Å². The van der Waals surface area contributed by atoms with Crippen molar-refractivity contribution >= 4 is 29.8 Å². The smallest absolute Gasteiger partial charge is 0.333 e. The van der Waals surface area contributed by atoms with Crippen molar-refractivity contribution in [1.82, 2.24) is 9.80 Å². The van der Waals surface area contributed by atoms with Crippen LogP contribution in [-0.4, -0.2) is 65.9 Å². The van der Waals surface area contributed by atoms with Gasteiger partial charge in [-0.05, 0) is 25.7 Å². The zero-order valence-corrected chi connectivity index (χ0v) is 16.5. The Morgan fingerprint density at radius 3 is 1.36 bits per heavy atom. The fourth-order valence-electron chi connectivity index (χ4n) is 2.13. The molecule has 0 aromatic heterocycles. The fourth-order valence-corrected chi connectivity index (χ4v) is 2.13. The first-order chi connectivity index (χ1) is 13.2. The van der Waals surface area contributed by atoms with E-state index in [2.05, 4.69) is 13.2 Å². The average molecular weight is 396 g/mol. The molecule has 9 nitrogen and oxygen atoms in total. The molecule has 0 N–H and O–H groups in total. The molecule has 4 amide bonds. The maximum Gasteiger partial charge on any atom is 0.333 e. The van der Waals surface area contributed by atoms with Gasteiger partial charge in [0.05, 0.1) is 13.2 Å². The van der Waals surface area contributed by atoms with Crippen molar-refractivity contribution in [1.29, 1.82) is 0 Å². The van der Waals surface area contributed by atoms with Crippen LogP contribution >= 0.6 is 0 Å². The summed E-state index contributed by atoms with van der Waals surface area (Å²) in [7, 11) is 0. The predicted octanol–water partition coefficient (Wildman–Crippen LogP) is 1.82. The molecule has 0 radical (unpaired) electrons. The molecule has 0 saturated carbocycles. The van der Waals surface area contributed by atoms with E-state index in [9.17, 15) is 24.0 Å². The molecule has 0 heterocycles. The molecule has 0 saturated heterocycles. The quantitative estimate of drug-likeness (QED) is 0.281. The van der Waals surface area contributed by atoms with Gasteiger partial charge >= 0.3 is 18.0 Å². The first kappa shape index (κ1) is 25.0.